The molecule has 0 aliphatic rings. The van der Waals surface area contributed by atoms with Gasteiger partial charge in [0.15, 0.2) is 0 Å². The van der Waals surface area contributed by atoms with E-state index in [2.05, 4.69) is 94.5 Å². The van der Waals surface area contributed by atoms with Crippen LogP contribution in [0, 0.1) is 6.07 Å². The minimum atomic E-state index is 0. The second-order valence-electron chi connectivity index (χ2n) is 9.01. The average Bonchev–Trinajstić information content (AvgIpc) is 2.91. The van der Waals surface area contributed by atoms with Gasteiger partial charge in [-0.05, 0) is 17.5 Å². The van der Waals surface area contributed by atoms with Crippen LogP contribution in [0.3, 0.4) is 0 Å². The van der Waals surface area contributed by atoms with Crippen molar-refractivity contribution in [3.05, 3.63) is 59.8 Å². The first-order valence-electron chi connectivity index (χ1n) is 8.93. The fraction of sp³-hybridized carbons (Fsp3) is 0.348. The Kier molecular flexibility index (Phi) is 4.53. The number of benzene rings is 2. The maximum absolute atomic E-state index is 4.94. The van der Waals surface area contributed by atoms with E-state index >= 15 is 0 Å². The number of rotatable bonds is 0. The molecule has 4 aromatic rings. The van der Waals surface area contributed by atoms with Crippen LogP contribution in [0.25, 0.3) is 27.5 Å². The molecule has 0 saturated carbocycles. The summed E-state index contributed by atoms with van der Waals surface area (Å²) in [7, 11) is 0. The van der Waals surface area contributed by atoms with Crippen LogP contribution in [-0.2, 0) is 30.9 Å². The van der Waals surface area contributed by atoms with Gasteiger partial charge < -0.3 is 4.40 Å². The van der Waals surface area contributed by atoms with E-state index in [1.54, 1.807) is 0 Å². The number of imidazole rings is 1. The van der Waals surface area contributed by atoms with Crippen LogP contribution in [0.4, 0.5) is 0 Å². The quantitative estimate of drug-likeness (QED) is 0.258. The maximum Gasteiger partial charge on any atom is 0.0774 e. The topological polar surface area (TPSA) is 17.3 Å². The molecule has 4 rings (SSSR count). The smallest absolute Gasteiger partial charge is 0.0774 e. The van der Waals surface area contributed by atoms with E-state index in [4.69, 9.17) is 4.98 Å². The molecule has 2 heterocycles. The molecule has 26 heavy (non-hydrogen) atoms. The third-order valence-corrected chi connectivity index (χ3v) is 4.92. The summed E-state index contributed by atoms with van der Waals surface area (Å²) in [6.45, 7) is 13.5. The molecule has 0 N–H and O–H groups in total. The van der Waals surface area contributed by atoms with E-state index in [0.29, 0.717) is 0 Å². The van der Waals surface area contributed by atoms with Gasteiger partial charge in [0.2, 0.25) is 0 Å². The Morgan fingerprint density at radius 3 is 2.27 bits per heavy atom. The Bertz CT molecular complexity index is 1110. The molecule has 137 valence electrons. The maximum atomic E-state index is 4.94. The van der Waals surface area contributed by atoms with Crippen molar-refractivity contribution in [2.45, 2.75) is 52.4 Å². The molecule has 0 atom stereocenters. The first-order valence-corrected chi connectivity index (χ1v) is 8.93. The van der Waals surface area contributed by atoms with E-state index in [1.165, 1.54) is 16.6 Å². The fourth-order valence-corrected chi connectivity index (χ4v) is 3.46. The monoisotopic (exact) mass is 522 g/mol. The van der Waals surface area contributed by atoms with Gasteiger partial charge in [-0.3, -0.25) is 4.98 Å². The van der Waals surface area contributed by atoms with E-state index in [1.807, 2.05) is 0 Å². The Hall–Kier alpha value is -1.70. The van der Waals surface area contributed by atoms with Crippen LogP contribution >= 0.6 is 0 Å². The largest absolute Gasteiger partial charge is 0.337 e. The molecule has 1 radical (unpaired) electrons. The number of hydrogen-bond donors (Lipinski definition) is 0. The van der Waals surface area contributed by atoms with Crippen molar-refractivity contribution >= 4 is 27.5 Å². The van der Waals surface area contributed by atoms with E-state index in [-0.39, 0.29) is 30.9 Å². The molecule has 2 aromatic heterocycles. The molecule has 0 aliphatic heterocycles. The predicted octanol–water partition coefficient (Wildman–Crippen LogP) is 6.03. The third kappa shape index (κ3) is 2.98. The second-order valence-corrected chi connectivity index (χ2v) is 9.01. The van der Waals surface area contributed by atoms with Gasteiger partial charge in [-0.15, -0.1) is 34.5 Å². The van der Waals surface area contributed by atoms with Gasteiger partial charge in [0.1, 0.15) is 0 Å². The zero-order valence-electron chi connectivity index (χ0n) is 16.3. The third-order valence-electron chi connectivity index (χ3n) is 4.92. The molecular weight excluding hydrogens is 496 g/mol. The number of fused-ring (bicyclic) bond motifs is 5. The average molecular weight is 522 g/mol. The number of aromatic nitrogens is 2. The Balaban J connectivity index is 0.00000196. The summed E-state index contributed by atoms with van der Waals surface area (Å²) in [6, 6.07) is 18.7. The second kappa shape index (κ2) is 6.18. The Morgan fingerprint density at radius 2 is 1.62 bits per heavy atom. The van der Waals surface area contributed by atoms with Gasteiger partial charge in [-0.25, -0.2) is 0 Å². The summed E-state index contributed by atoms with van der Waals surface area (Å²) in [4.78, 5) is 4.94. The zero-order chi connectivity index (χ0) is 18.0. The molecule has 2 aromatic carbocycles. The van der Waals surface area contributed by atoms with Crippen LogP contribution < -0.4 is 0 Å². The SMILES string of the molecule is CC(C)(C)c1c[c-]c2c(c1)cc(C(C)(C)C)n1c3ccccc3nc21.[Ir]. The minimum absolute atomic E-state index is 0. The Morgan fingerprint density at radius 1 is 0.923 bits per heavy atom. The summed E-state index contributed by atoms with van der Waals surface area (Å²) in [6.07, 6.45) is 0. The molecule has 2 nitrogen and oxygen atoms in total. The zero-order valence-corrected chi connectivity index (χ0v) is 18.7. The van der Waals surface area contributed by atoms with Gasteiger partial charge in [0.05, 0.1) is 16.7 Å². The standard InChI is InChI=1S/C23H25N2.Ir/c1-22(2,3)16-11-12-17-15(13-16)14-20(23(4,5)6)25-19-10-8-7-9-18(19)24-21(17)25;/h7-11,13-14H,1-6H3;/q-1;. The van der Waals surface area contributed by atoms with E-state index in [0.717, 1.165) is 22.1 Å². The number of pyridine rings is 1. The predicted molar refractivity (Wildman–Crippen MR) is 106 cm³/mol. The fourth-order valence-electron chi connectivity index (χ4n) is 3.46. The van der Waals surface area contributed by atoms with Crippen molar-refractivity contribution in [2.24, 2.45) is 0 Å². The number of nitrogens with zero attached hydrogens (tertiary/aromatic N) is 2. The summed E-state index contributed by atoms with van der Waals surface area (Å²) < 4.78 is 2.31. The number of para-hydroxylation sites is 2. The summed E-state index contributed by atoms with van der Waals surface area (Å²) >= 11 is 0. The van der Waals surface area contributed by atoms with Crippen LogP contribution in [-0.4, -0.2) is 9.38 Å². The normalized spacial score (nSPS) is 12.7. The van der Waals surface area contributed by atoms with Crippen molar-refractivity contribution in [1.82, 2.24) is 9.38 Å². The molecule has 0 unspecified atom stereocenters. The van der Waals surface area contributed by atoms with Gasteiger partial charge in [0.25, 0.3) is 0 Å². The van der Waals surface area contributed by atoms with Gasteiger partial charge in [-0.2, -0.15) is 0 Å². The van der Waals surface area contributed by atoms with Crippen LogP contribution in [0.5, 0.6) is 0 Å². The summed E-state index contributed by atoms with van der Waals surface area (Å²) in [5.74, 6) is 0. The summed E-state index contributed by atoms with van der Waals surface area (Å²) in [5.41, 5.74) is 5.92. The van der Waals surface area contributed by atoms with Gasteiger partial charge >= 0.3 is 0 Å². The molecule has 0 saturated heterocycles. The first-order chi connectivity index (χ1) is 11.7. The molecule has 0 bridgehead atoms. The molecule has 3 heteroatoms. The van der Waals surface area contributed by atoms with Crippen LogP contribution in [0.2, 0.25) is 0 Å². The van der Waals surface area contributed by atoms with Crippen LogP contribution in [0.15, 0.2) is 42.5 Å². The van der Waals surface area contributed by atoms with Crippen molar-refractivity contribution in [3.8, 4) is 0 Å². The molecule has 0 aliphatic carbocycles. The van der Waals surface area contributed by atoms with Crippen molar-refractivity contribution < 1.29 is 20.1 Å². The molecule has 0 fully saturated rings. The first kappa shape index (κ1) is 19.1. The van der Waals surface area contributed by atoms with Gasteiger partial charge in [-0.1, -0.05) is 59.7 Å². The van der Waals surface area contributed by atoms with Crippen LogP contribution in [0.1, 0.15) is 52.8 Å². The van der Waals surface area contributed by atoms with Crippen molar-refractivity contribution in [2.75, 3.05) is 0 Å². The molecular formula is C23H25IrN2-. The number of hydrogen-bond acceptors (Lipinski definition) is 1. The Labute approximate surface area is 169 Å². The molecule has 0 amide bonds. The van der Waals surface area contributed by atoms with Crippen molar-refractivity contribution in [3.63, 3.8) is 0 Å². The van der Waals surface area contributed by atoms with Gasteiger partial charge in [0, 0.05) is 31.2 Å². The van der Waals surface area contributed by atoms with E-state index < -0.39 is 0 Å². The minimum Gasteiger partial charge on any atom is -0.337 e. The summed E-state index contributed by atoms with van der Waals surface area (Å²) in [5, 5.41) is 2.32. The van der Waals surface area contributed by atoms with Crippen molar-refractivity contribution in [1.29, 1.82) is 0 Å². The van der Waals surface area contributed by atoms with E-state index in [9.17, 15) is 0 Å². The molecule has 0 spiro atoms.